The molecule has 0 aromatic heterocycles. The van der Waals surface area contributed by atoms with Gasteiger partial charge in [-0.05, 0) is 31.3 Å². The SMILES string of the molecule is CSCCC(NC(=O)C(CCC(=O)O)NC(=O)C(CCC(N)=O)NC(=O)CN)C(=O)O. The molecule has 0 saturated heterocycles. The average molecular weight is 464 g/mol. The van der Waals surface area contributed by atoms with Crippen LogP contribution in [0.3, 0.4) is 0 Å². The number of carboxylic acid groups (broad SMARTS) is 2. The molecular formula is C17H29N5O8S. The van der Waals surface area contributed by atoms with Crippen LogP contribution in [0.25, 0.3) is 0 Å². The Bertz CT molecular complexity index is 675. The number of amides is 4. The summed E-state index contributed by atoms with van der Waals surface area (Å²) in [6.07, 6.45) is 0.654. The highest BCUT2D eigenvalue weighted by Crippen LogP contribution is 2.06. The molecule has 0 bridgehead atoms. The summed E-state index contributed by atoms with van der Waals surface area (Å²) in [7, 11) is 0. The molecule has 0 saturated carbocycles. The molecule has 0 aliphatic carbocycles. The van der Waals surface area contributed by atoms with Crippen LogP contribution in [-0.2, 0) is 28.8 Å². The fourth-order valence-electron chi connectivity index (χ4n) is 2.38. The van der Waals surface area contributed by atoms with E-state index in [9.17, 15) is 33.9 Å². The first kappa shape index (κ1) is 28.1. The van der Waals surface area contributed by atoms with E-state index in [4.69, 9.17) is 16.6 Å². The van der Waals surface area contributed by atoms with Gasteiger partial charge in [-0.25, -0.2) is 4.79 Å². The highest BCUT2D eigenvalue weighted by Gasteiger charge is 2.29. The van der Waals surface area contributed by atoms with E-state index in [1.54, 1.807) is 6.26 Å². The molecule has 0 aromatic carbocycles. The lowest BCUT2D eigenvalue weighted by Gasteiger charge is -2.24. The van der Waals surface area contributed by atoms with Crippen molar-refractivity contribution in [3.63, 3.8) is 0 Å². The predicted octanol–water partition coefficient (Wildman–Crippen LogP) is -2.63. The lowest BCUT2D eigenvalue weighted by molar-refractivity contribution is -0.143. The summed E-state index contributed by atoms with van der Waals surface area (Å²) in [5.41, 5.74) is 10.3. The van der Waals surface area contributed by atoms with Crippen LogP contribution in [0.4, 0.5) is 0 Å². The summed E-state index contributed by atoms with van der Waals surface area (Å²) in [6.45, 7) is -0.432. The highest BCUT2D eigenvalue weighted by atomic mass is 32.2. The van der Waals surface area contributed by atoms with Crippen molar-refractivity contribution < 1.29 is 39.0 Å². The first-order chi connectivity index (χ1) is 14.5. The molecule has 3 atom stereocenters. The normalized spacial score (nSPS) is 13.4. The maximum atomic E-state index is 12.6. The fraction of sp³-hybridized carbons (Fsp3) is 0.647. The van der Waals surface area contributed by atoms with E-state index in [2.05, 4.69) is 16.0 Å². The Labute approximate surface area is 183 Å². The van der Waals surface area contributed by atoms with Crippen molar-refractivity contribution in [3.8, 4) is 0 Å². The number of carbonyl (C=O) groups is 6. The van der Waals surface area contributed by atoms with Gasteiger partial charge >= 0.3 is 11.9 Å². The van der Waals surface area contributed by atoms with Gasteiger partial charge in [0.15, 0.2) is 0 Å². The zero-order chi connectivity index (χ0) is 24.0. The molecule has 13 nitrogen and oxygen atoms in total. The summed E-state index contributed by atoms with van der Waals surface area (Å²) in [6, 6.07) is -3.87. The van der Waals surface area contributed by atoms with Crippen molar-refractivity contribution in [2.75, 3.05) is 18.6 Å². The third kappa shape index (κ3) is 12.4. The molecule has 3 unspecified atom stereocenters. The van der Waals surface area contributed by atoms with Gasteiger partial charge in [0.2, 0.25) is 23.6 Å². The van der Waals surface area contributed by atoms with Crippen molar-refractivity contribution in [1.29, 1.82) is 0 Å². The number of nitrogens with two attached hydrogens (primary N) is 2. The first-order valence-corrected chi connectivity index (χ1v) is 10.7. The van der Waals surface area contributed by atoms with Gasteiger partial charge in [-0.3, -0.25) is 24.0 Å². The molecule has 0 aromatic rings. The van der Waals surface area contributed by atoms with E-state index in [1.807, 2.05) is 0 Å². The molecule has 31 heavy (non-hydrogen) atoms. The minimum Gasteiger partial charge on any atom is -0.481 e. The van der Waals surface area contributed by atoms with Crippen LogP contribution in [0.15, 0.2) is 0 Å². The number of thioether (sulfide) groups is 1. The smallest absolute Gasteiger partial charge is 0.326 e. The Morgan fingerprint density at radius 2 is 1.35 bits per heavy atom. The van der Waals surface area contributed by atoms with Crippen molar-refractivity contribution >= 4 is 47.3 Å². The van der Waals surface area contributed by atoms with Gasteiger partial charge in [0.1, 0.15) is 18.1 Å². The molecule has 0 aliphatic rings. The topological polar surface area (TPSA) is 231 Å². The van der Waals surface area contributed by atoms with E-state index < -0.39 is 66.7 Å². The standard InChI is InChI=1S/C17H29N5O8S/c1-31-7-6-11(17(29)30)22-16(28)10(3-5-14(25)26)21-15(27)9(2-4-12(19)23)20-13(24)8-18/h9-11H,2-8,18H2,1H3,(H2,19,23)(H,20,24)(H,21,27)(H,22,28)(H,25,26)(H,29,30). The third-order valence-corrected chi connectivity index (χ3v) is 4.67. The minimum atomic E-state index is -1.38. The number of nitrogens with one attached hydrogen (secondary N) is 3. The number of rotatable bonds is 16. The van der Waals surface area contributed by atoms with Gasteiger partial charge in [0.25, 0.3) is 0 Å². The largest absolute Gasteiger partial charge is 0.481 e. The zero-order valence-corrected chi connectivity index (χ0v) is 17.9. The van der Waals surface area contributed by atoms with Gasteiger partial charge in [-0.1, -0.05) is 0 Å². The van der Waals surface area contributed by atoms with Crippen LogP contribution in [0, 0.1) is 0 Å². The molecule has 0 heterocycles. The quantitative estimate of drug-likeness (QED) is 0.126. The molecule has 176 valence electrons. The number of hydrogen-bond acceptors (Lipinski definition) is 8. The summed E-state index contributed by atoms with van der Waals surface area (Å²) in [5.74, 6) is -5.24. The summed E-state index contributed by atoms with van der Waals surface area (Å²) < 4.78 is 0. The molecule has 0 spiro atoms. The summed E-state index contributed by atoms with van der Waals surface area (Å²) in [5, 5.41) is 25.0. The van der Waals surface area contributed by atoms with Gasteiger partial charge in [-0.2, -0.15) is 11.8 Å². The fourth-order valence-corrected chi connectivity index (χ4v) is 2.85. The highest BCUT2D eigenvalue weighted by molar-refractivity contribution is 7.98. The maximum Gasteiger partial charge on any atom is 0.326 e. The molecule has 0 fully saturated rings. The van der Waals surface area contributed by atoms with Gasteiger partial charge in [-0.15, -0.1) is 0 Å². The van der Waals surface area contributed by atoms with Crippen molar-refractivity contribution in [2.24, 2.45) is 11.5 Å². The van der Waals surface area contributed by atoms with Gasteiger partial charge in [0.05, 0.1) is 6.54 Å². The maximum absolute atomic E-state index is 12.6. The molecule has 9 N–H and O–H groups in total. The van der Waals surface area contributed by atoms with E-state index in [-0.39, 0.29) is 25.7 Å². The zero-order valence-electron chi connectivity index (χ0n) is 17.1. The number of aliphatic carboxylic acids is 2. The Morgan fingerprint density at radius 3 is 1.81 bits per heavy atom. The molecule has 0 radical (unpaired) electrons. The van der Waals surface area contributed by atoms with E-state index in [1.165, 1.54) is 11.8 Å². The van der Waals surface area contributed by atoms with Crippen LogP contribution in [0.2, 0.25) is 0 Å². The number of carboxylic acids is 2. The third-order valence-electron chi connectivity index (χ3n) is 4.02. The summed E-state index contributed by atoms with van der Waals surface area (Å²) >= 11 is 1.38. The lowest BCUT2D eigenvalue weighted by Crippen LogP contribution is -2.56. The van der Waals surface area contributed by atoms with Crippen molar-refractivity contribution in [1.82, 2.24) is 16.0 Å². The number of hydrogen-bond donors (Lipinski definition) is 7. The lowest BCUT2D eigenvalue weighted by atomic mass is 10.1. The molecule has 4 amide bonds. The van der Waals surface area contributed by atoms with Crippen molar-refractivity contribution in [3.05, 3.63) is 0 Å². The van der Waals surface area contributed by atoms with Gasteiger partial charge in [0, 0.05) is 12.8 Å². The van der Waals surface area contributed by atoms with Crippen LogP contribution in [0.5, 0.6) is 0 Å². The second-order valence-electron chi connectivity index (χ2n) is 6.50. The van der Waals surface area contributed by atoms with E-state index in [0.717, 1.165) is 0 Å². The molecule has 0 aliphatic heterocycles. The number of carbonyl (C=O) groups excluding carboxylic acids is 4. The van der Waals surface area contributed by atoms with Gasteiger partial charge < -0.3 is 37.6 Å². The van der Waals surface area contributed by atoms with Crippen LogP contribution < -0.4 is 27.4 Å². The van der Waals surface area contributed by atoms with E-state index >= 15 is 0 Å². The second kappa shape index (κ2) is 15.0. The molecule has 0 rings (SSSR count). The Balaban J connectivity index is 5.41. The Morgan fingerprint density at radius 1 is 0.839 bits per heavy atom. The van der Waals surface area contributed by atoms with E-state index in [0.29, 0.717) is 5.75 Å². The predicted molar refractivity (Wildman–Crippen MR) is 111 cm³/mol. The average Bonchev–Trinajstić information content (AvgIpc) is 2.70. The van der Waals surface area contributed by atoms with Crippen molar-refractivity contribution in [2.45, 2.75) is 50.2 Å². The monoisotopic (exact) mass is 463 g/mol. The Kier molecular flexibility index (Phi) is 13.6. The Hall–Kier alpha value is -2.87. The first-order valence-electron chi connectivity index (χ1n) is 9.33. The molecule has 14 heteroatoms. The summed E-state index contributed by atoms with van der Waals surface area (Å²) in [4.78, 5) is 70.0. The number of primary amides is 1. The minimum absolute atomic E-state index is 0.121. The van der Waals surface area contributed by atoms with Crippen LogP contribution in [0.1, 0.15) is 32.1 Å². The second-order valence-corrected chi connectivity index (χ2v) is 7.49. The van der Waals surface area contributed by atoms with Crippen LogP contribution >= 0.6 is 11.8 Å². The molecular weight excluding hydrogens is 434 g/mol. The van der Waals surface area contributed by atoms with Crippen LogP contribution in [-0.4, -0.2) is 82.5 Å².